The Kier molecular flexibility index (Phi) is 4.74. The second-order valence-electron chi connectivity index (χ2n) is 10.0. The number of hydrogen-bond acceptors (Lipinski definition) is 3. The first kappa shape index (κ1) is 21.2. The second-order valence-corrected chi connectivity index (χ2v) is 10.0. The van der Waals surface area contributed by atoms with Gasteiger partial charge in [0.1, 0.15) is 11.2 Å². The van der Waals surface area contributed by atoms with Gasteiger partial charge < -0.3 is 13.7 Å². The van der Waals surface area contributed by atoms with Gasteiger partial charge in [-0.2, -0.15) is 0 Å². The summed E-state index contributed by atoms with van der Waals surface area (Å²) in [7, 11) is -0.488. The van der Waals surface area contributed by atoms with E-state index in [-0.39, 0.29) is 0 Å². The van der Waals surface area contributed by atoms with Crippen LogP contribution in [0, 0.1) is 0 Å². The Morgan fingerprint density at radius 1 is 0.618 bits per heavy atom. The molecule has 5 aromatic rings. The minimum absolute atomic E-state index is 0.418. The first-order chi connectivity index (χ1) is 16.3. The third-order valence-electron chi connectivity index (χ3n) is 7.34. The first-order valence-corrected chi connectivity index (χ1v) is 11.8. The Hall–Kier alpha value is -3.34. The zero-order valence-corrected chi connectivity index (χ0v) is 20.0. The zero-order chi connectivity index (χ0) is 23.5. The highest BCUT2D eigenvalue weighted by molar-refractivity contribution is 6.65. The van der Waals surface area contributed by atoms with Crippen molar-refractivity contribution in [2.45, 2.75) is 38.9 Å². The van der Waals surface area contributed by atoms with Crippen LogP contribution in [0.3, 0.4) is 0 Å². The van der Waals surface area contributed by atoms with E-state index in [1.807, 2.05) is 18.2 Å². The number of furan rings is 1. The first-order valence-electron chi connectivity index (χ1n) is 11.8. The van der Waals surface area contributed by atoms with E-state index in [1.54, 1.807) is 0 Å². The lowest BCUT2D eigenvalue weighted by Gasteiger charge is -2.32. The minimum atomic E-state index is -0.488. The summed E-state index contributed by atoms with van der Waals surface area (Å²) >= 11 is 0. The Labute approximate surface area is 200 Å². The number of fused-ring (bicyclic) bond motifs is 3. The van der Waals surface area contributed by atoms with Gasteiger partial charge in [-0.25, -0.2) is 0 Å². The summed E-state index contributed by atoms with van der Waals surface area (Å²) in [5.41, 5.74) is 6.45. The van der Waals surface area contributed by atoms with Crippen LogP contribution in [0.1, 0.15) is 27.7 Å². The van der Waals surface area contributed by atoms with Gasteiger partial charge in [0.2, 0.25) is 0 Å². The summed E-state index contributed by atoms with van der Waals surface area (Å²) in [5.74, 6) is 0. The van der Waals surface area contributed by atoms with Crippen molar-refractivity contribution in [3.05, 3.63) is 91.0 Å². The molecule has 4 heteroatoms. The Balaban J connectivity index is 1.56. The van der Waals surface area contributed by atoms with Crippen LogP contribution in [0.15, 0.2) is 95.4 Å². The van der Waals surface area contributed by atoms with Crippen molar-refractivity contribution in [2.75, 3.05) is 0 Å². The maximum atomic E-state index is 6.45. The smallest absolute Gasteiger partial charge is 0.456 e. The molecular formula is C30H27BO3. The third-order valence-corrected chi connectivity index (χ3v) is 7.34. The fraction of sp³-hybridized carbons (Fsp3) is 0.200. The average Bonchev–Trinajstić information content (AvgIpc) is 3.33. The molecule has 1 aliphatic heterocycles. The number of hydrogen-bond donors (Lipinski definition) is 0. The standard InChI is InChI=1S/C30H27BO3/c1-29(2)30(3,4)34-31(33-29)25-18-17-23(27-24-15-8-9-16-26(24)32-28(25)27)22-14-10-13-21(19-22)20-11-6-5-7-12-20/h5-19H,1-4H3. The molecular weight excluding hydrogens is 419 g/mol. The van der Waals surface area contributed by atoms with E-state index in [0.717, 1.165) is 38.5 Å². The predicted octanol–water partition coefficient (Wildman–Crippen LogP) is 7.22. The van der Waals surface area contributed by atoms with Gasteiger partial charge in [-0.1, -0.05) is 78.9 Å². The molecule has 168 valence electrons. The fourth-order valence-corrected chi connectivity index (χ4v) is 4.74. The van der Waals surface area contributed by atoms with Gasteiger partial charge in [0.05, 0.1) is 11.2 Å². The molecule has 0 atom stereocenters. The normalized spacial score (nSPS) is 17.0. The third kappa shape index (κ3) is 3.29. The van der Waals surface area contributed by atoms with Gasteiger partial charge in [-0.3, -0.25) is 0 Å². The lowest BCUT2D eigenvalue weighted by atomic mass is 9.77. The van der Waals surface area contributed by atoms with E-state index in [1.165, 1.54) is 11.1 Å². The fourth-order valence-electron chi connectivity index (χ4n) is 4.74. The van der Waals surface area contributed by atoms with Gasteiger partial charge in [0.15, 0.2) is 0 Å². The van der Waals surface area contributed by atoms with Crippen LogP contribution in [0.25, 0.3) is 44.2 Å². The molecule has 4 aromatic carbocycles. The summed E-state index contributed by atoms with van der Waals surface area (Å²) < 4.78 is 19.2. The molecule has 1 aliphatic rings. The molecule has 34 heavy (non-hydrogen) atoms. The molecule has 0 spiro atoms. The number of para-hydroxylation sites is 1. The molecule has 0 N–H and O–H groups in total. The van der Waals surface area contributed by atoms with Crippen LogP contribution in [-0.2, 0) is 9.31 Å². The minimum Gasteiger partial charge on any atom is -0.456 e. The quantitative estimate of drug-likeness (QED) is 0.274. The van der Waals surface area contributed by atoms with Gasteiger partial charge in [0, 0.05) is 16.2 Å². The molecule has 1 aromatic heterocycles. The molecule has 1 fully saturated rings. The highest BCUT2D eigenvalue weighted by Gasteiger charge is 2.52. The van der Waals surface area contributed by atoms with E-state index in [0.29, 0.717) is 0 Å². The Bertz CT molecular complexity index is 1500. The van der Waals surface area contributed by atoms with Crippen LogP contribution in [0.2, 0.25) is 0 Å². The van der Waals surface area contributed by atoms with E-state index >= 15 is 0 Å². The summed E-state index contributed by atoms with van der Waals surface area (Å²) in [6.07, 6.45) is 0. The van der Waals surface area contributed by atoms with E-state index < -0.39 is 18.3 Å². The van der Waals surface area contributed by atoms with Crippen molar-refractivity contribution >= 4 is 34.5 Å². The summed E-state index contributed by atoms with van der Waals surface area (Å²) in [4.78, 5) is 0. The van der Waals surface area contributed by atoms with Crippen molar-refractivity contribution in [1.82, 2.24) is 0 Å². The van der Waals surface area contributed by atoms with Crippen LogP contribution >= 0.6 is 0 Å². The van der Waals surface area contributed by atoms with Gasteiger partial charge in [-0.15, -0.1) is 0 Å². The van der Waals surface area contributed by atoms with E-state index in [2.05, 4.69) is 100 Å². The zero-order valence-electron chi connectivity index (χ0n) is 20.0. The van der Waals surface area contributed by atoms with Gasteiger partial charge >= 0.3 is 7.12 Å². The maximum Gasteiger partial charge on any atom is 0.498 e. The van der Waals surface area contributed by atoms with Crippen LogP contribution < -0.4 is 5.46 Å². The van der Waals surface area contributed by atoms with Crippen molar-refractivity contribution < 1.29 is 13.7 Å². The molecule has 6 rings (SSSR count). The van der Waals surface area contributed by atoms with E-state index in [4.69, 9.17) is 13.7 Å². The molecule has 0 saturated carbocycles. The number of rotatable bonds is 3. The van der Waals surface area contributed by atoms with Crippen LogP contribution in [0.5, 0.6) is 0 Å². The van der Waals surface area contributed by atoms with Crippen molar-refractivity contribution in [3.63, 3.8) is 0 Å². The summed E-state index contributed by atoms with van der Waals surface area (Å²) in [6, 6.07) is 31.6. The topological polar surface area (TPSA) is 31.6 Å². The molecule has 0 aliphatic carbocycles. The summed E-state index contributed by atoms with van der Waals surface area (Å²) in [6.45, 7) is 8.30. The van der Waals surface area contributed by atoms with Gasteiger partial charge in [-0.05, 0) is 62.1 Å². The molecule has 0 radical (unpaired) electrons. The lowest BCUT2D eigenvalue weighted by Crippen LogP contribution is -2.41. The Morgan fingerprint density at radius 2 is 1.26 bits per heavy atom. The molecule has 2 heterocycles. The van der Waals surface area contributed by atoms with E-state index in [9.17, 15) is 0 Å². The number of benzene rings is 4. The highest BCUT2D eigenvalue weighted by atomic mass is 16.7. The predicted molar refractivity (Wildman–Crippen MR) is 140 cm³/mol. The molecule has 0 amide bonds. The summed E-state index contributed by atoms with van der Waals surface area (Å²) in [5, 5.41) is 2.18. The van der Waals surface area contributed by atoms with Crippen LogP contribution in [-0.4, -0.2) is 18.3 Å². The molecule has 0 bridgehead atoms. The molecule has 0 unspecified atom stereocenters. The molecule has 3 nitrogen and oxygen atoms in total. The second kappa shape index (κ2) is 7.59. The van der Waals surface area contributed by atoms with Crippen molar-refractivity contribution in [2.24, 2.45) is 0 Å². The largest absolute Gasteiger partial charge is 0.498 e. The van der Waals surface area contributed by atoms with Gasteiger partial charge in [0.25, 0.3) is 0 Å². The maximum absolute atomic E-state index is 6.45. The lowest BCUT2D eigenvalue weighted by molar-refractivity contribution is 0.00578. The monoisotopic (exact) mass is 446 g/mol. The highest BCUT2D eigenvalue weighted by Crippen LogP contribution is 2.40. The molecule has 1 saturated heterocycles. The van der Waals surface area contributed by atoms with Crippen LogP contribution in [0.4, 0.5) is 0 Å². The SMILES string of the molecule is CC1(C)OB(c2ccc(-c3cccc(-c4ccccc4)c3)c3c2oc2ccccc23)OC1(C)C. The average molecular weight is 446 g/mol. The Morgan fingerprint density at radius 3 is 2.03 bits per heavy atom. The van der Waals surface area contributed by atoms with Crippen molar-refractivity contribution in [3.8, 4) is 22.3 Å². The van der Waals surface area contributed by atoms with Crippen molar-refractivity contribution in [1.29, 1.82) is 0 Å².